The Morgan fingerprint density at radius 1 is 1.19 bits per heavy atom. The number of halogens is 2. The van der Waals surface area contributed by atoms with Gasteiger partial charge in [-0.25, -0.2) is 23.2 Å². The summed E-state index contributed by atoms with van der Waals surface area (Å²) in [5.41, 5.74) is 2.41. The van der Waals surface area contributed by atoms with Crippen molar-refractivity contribution in [3.8, 4) is 0 Å². The molecule has 3 aromatic heterocycles. The molecule has 0 radical (unpaired) electrons. The summed E-state index contributed by atoms with van der Waals surface area (Å²) in [6.45, 7) is 0.526. The van der Waals surface area contributed by atoms with Crippen molar-refractivity contribution < 1.29 is 13.6 Å². The number of pyridine rings is 2. The third kappa shape index (κ3) is 3.45. The van der Waals surface area contributed by atoms with Gasteiger partial charge in [0.25, 0.3) is 11.8 Å². The monoisotopic (exact) mass is 428 g/mol. The van der Waals surface area contributed by atoms with Gasteiger partial charge in [0.1, 0.15) is 5.82 Å². The number of likely N-dealkylation sites (tertiary alicyclic amines) is 1. The number of hydrogen-bond acceptors (Lipinski definition) is 5. The molecule has 0 aliphatic carbocycles. The number of aromatic nitrogens is 4. The van der Waals surface area contributed by atoms with Gasteiger partial charge >= 0.3 is 5.69 Å². The van der Waals surface area contributed by atoms with Gasteiger partial charge in [0.05, 0.1) is 12.1 Å². The molecule has 1 amide bonds. The van der Waals surface area contributed by atoms with E-state index in [1.54, 1.807) is 19.3 Å². The van der Waals surface area contributed by atoms with Crippen LogP contribution in [0, 0.1) is 0 Å². The van der Waals surface area contributed by atoms with Crippen LogP contribution >= 0.6 is 0 Å². The lowest BCUT2D eigenvalue weighted by Gasteiger charge is -2.33. The van der Waals surface area contributed by atoms with E-state index in [1.165, 1.54) is 20.2 Å². The van der Waals surface area contributed by atoms with Gasteiger partial charge in [0.15, 0.2) is 5.65 Å². The van der Waals surface area contributed by atoms with Crippen LogP contribution in [0.2, 0.25) is 0 Å². The fourth-order valence-electron chi connectivity index (χ4n) is 4.39. The molecule has 0 N–H and O–H groups in total. The van der Waals surface area contributed by atoms with Crippen LogP contribution in [0.15, 0.2) is 35.4 Å². The van der Waals surface area contributed by atoms with Crippen LogP contribution in [0.5, 0.6) is 0 Å². The van der Waals surface area contributed by atoms with Crippen molar-refractivity contribution in [3.63, 3.8) is 0 Å². The van der Waals surface area contributed by atoms with Crippen molar-refractivity contribution in [1.82, 2.24) is 24.1 Å². The zero-order chi connectivity index (χ0) is 21.8. The molecule has 1 saturated heterocycles. The molecule has 2 aliphatic heterocycles. The highest BCUT2D eigenvalue weighted by molar-refractivity contribution is 5.94. The Labute approximate surface area is 176 Å². The van der Waals surface area contributed by atoms with Gasteiger partial charge in [0, 0.05) is 50.7 Å². The summed E-state index contributed by atoms with van der Waals surface area (Å²) < 4.78 is 30.2. The number of alkyl halides is 2. The smallest absolute Gasteiger partial charge is 0.333 e. The third-order valence-corrected chi connectivity index (χ3v) is 5.92. The largest absolute Gasteiger partial charge is 0.350 e. The molecule has 0 atom stereocenters. The maximum atomic E-state index is 13.7. The lowest BCUT2D eigenvalue weighted by atomic mass is 10.0. The molecule has 1 fully saturated rings. The van der Waals surface area contributed by atoms with Gasteiger partial charge in [-0.2, -0.15) is 5.10 Å². The van der Waals surface area contributed by atoms with E-state index in [2.05, 4.69) is 10.1 Å². The highest BCUT2D eigenvalue weighted by atomic mass is 19.3. The number of carbonyl (C=O) groups is 1. The Bertz CT molecular complexity index is 1230. The van der Waals surface area contributed by atoms with Gasteiger partial charge in [-0.3, -0.25) is 9.20 Å². The zero-order valence-electron chi connectivity index (χ0n) is 17.1. The topological polar surface area (TPSA) is 75.7 Å². The van der Waals surface area contributed by atoms with Crippen LogP contribution in [0.3, 0.4) is 0 Å². The molecule has 31 heavy (non-hydrogen) atoms. The molecular formula is C21H22F2N6O2. The standard InChI is InChI=1S/C21H22F2N6O2/c1-26-20(31)29-9-5-16(11-17(29)25-26)28-8-2-4-14-10-15(12-24-18(14)28)19(30)27-7-3-6-21(22,23)13-27/h5,9-12H,2-4,6-8,13H2,1H3. The van der Waals surface area contributed by atoms with Crippen LogP contribution in [0.25, 0.3) is 5.65 Å². The average molecular weight is 428 g/mol. The molecule has 0 aromatic carbocycles. The molecule has 162 valence electrons. The fraction of sp³-hybridized carbons (Fsp3) is 0.429. The van der Waals surface area contributed by atoms with E-state index < -0.39 is 18.4 Å². The SMILES string of the molecule is Cn1nc2cc(N3CCCc4cc(C(=O)N5CCCC(F)(F)C5)cnc43)ccn2c1=O. The number of anilines is 2. The lowest BCUT2D eigenvalue weighted by molar-refractivity contribution is -0.0560. The van der Waals surface area contributed by atoms with Crippen molar-refractivity contribution in [1.29, 1.82) is 0 Å². The molecule has 0 spiro atoms. The van der Waals surface area contributed by atoms with Gasteiger partial charge in [0.2, 0.25) is 0 Å². The minimum absolute atomic E-state index is 0.180. The first-order valence-electron chi connectivity index (χ1n) is 10.3. The molecule has 2 aliphatic rings. The first-order valence-corrected chi connectivity index (χ1v) is 10.3. The summed E-state index contributed by atoms with van der Waals surface area (Å²) in [6.07, 6.45) is 4.87. The summed E-state index contributed by atoms with van der Waals surface area (Å²) in [5, 5.41) is 4.23. The van der Waals surface area contributed by atoms with Crippen LogP contribution in [-0.2, 0) is 13.5 Å². The van der Waals surface area contributed by atoms with E-state index in [9.17, 15) is 18.4 Å². The van der Waals surface area contributed by atoms with Gasteiger partial charge in [-0.15, -0.1) is 0 Å². The maximum absolute atomic E-state index is 13.7. The molecule has 5 rings (SSSR count). The average Bonchev–Trinajstić information content (AvgIpc) is 3.04. The number of fused-ring (bicyclic) bond motifs is 2. The third-order valence-electron chi connectivity index (χ3n) is 5.92. The van der Waals surface area contributed by atoms with Crippen molar-refractivity contribution in [3.05, 3.63) is 52.2 Å². The lowest BCUT2D eigenvalue weighted by Crippen LogP contribution is -2.45. The molecule has 0 unspecified atom stereocenters. The highest BCUT2D eigenvalue weighted by Crippen LogP contribution is 2.33. The molecular weight excluding hydrogens is 406 g/mol. The highest BCUT2D eigenvalue weighted by Gasteiger charge is 2.37. The van der Waals surface area contributed by atoms with Crippen molar-refractivity contribution in [2.45, 2.75) is 31.6 Å². The number of carbonyl (C=O) groups excluding carboxylic acids is 1. The van der Waals surface area contributed by atoms with E-state index in [-0.39, 0.29) is 12.1 Å². The second-order valence-electron chi connectivity index (χ2n) is 8.17. The minimum atomic E-state index is -2.83. The van der Waals surface area contributed by atoms with E-state index >= 15 is 0 Å². The van der Waals surface area contributed by atoms with E-state index in [4.69, 9.17) is 0 Å². The summed E-state index contributed by atoms with van der Waals surface area (Å²) in [7, 11) is 1.60. The summed E-state index contributed by atoms with van der Waals surface area (Å²) in [5.74, 6) is -2.51. The second-order valence-corrected chi connectivity index (χ2v) is 8.17. The van der Waals surface area contributed by atoms with Crippen LogP contribution < -0.4 is 10.6 Å². The number of aryl methyl sites for hydroxylation is 2. The summed E-state index contributed by atoms with van der Waals surface area (Å²) in [6, 6.07) is 5.43. The van der Waals surface area contributed by atoms with Crippen molar-refractivity contribution in [2.75, 3.05) is 24.5 Å². The number of piperidine rings is 1. The predicted octanol–water partition coefficient (Wildman–Crippen LogP) is 2.38. The van der Waals surface area contributed by atoms with Crippen LogP contribution in [0.1, 0.15) is 35.2 Å². The second kappa shape index (κ2) is 7.14. The summed E-state index contributed by atoms with van der Waals surface area (Å²) >= 11 is 0. The Morgan fingerprint density at radius 3 is 2.84 bits per heavy atom. The Hall–Kier alpha value is -3.30. The molecule has 0 saturated carbocycles. The summed E-state index contributed by atoms with van der Waals surface area (Å²) in [4.78, 5) is 32.6. The number of rotatable bonds is 2. The van der Waals surface area contributed by atoms with Crippen LogP contribution in [0.4, 0.5) is 20.3 Å². The number of hydrogen-bond donors (Lipinski definition) is 0. The Kier molecular flexibility index (Phi) is 4.53. The fourth-order valence-corrected chi connectivity index (χ4v) is 4.39. The Morgan fingerprint density at radius 2 is 2.03 bits per heavy atom. The molecule has 3 aromatic rings. The zero-order valence-corrected chi connectivity index (χ0v) is 17.1. The van der Waals surface area contributed by atoms with E-state index in [0.717, 1.165) is 36.5 Å². The van der Waals surface area contributed by atoms with E-state index in [1.807, 2.05) is 17.0 Å². The molecule has 10 heteroatoms. The number of nitrogens with zero attached hydrogens (tertiary/aromatic N) is 6. The van der Waals surface area contributed by atoms with Crippen molar-refractivity contribution >= 4 is 23.1 Å². The first-order chi connectivity index (χ1) is 14.8. The molecule has 8 nitrogen and oxygen atoms in total. The van der Waals surface area contributed by atoms with Gasteiger partial charge < -0.3 is 9.80 Å². The normalized spacial score (nSPS) is 18.3. The molecule has 5 heterocycles. The quantitative estimate of drug-likeness (QED) is 0.627. The van der Waals surface area contributed by atoms with Gasteiger partial charge in [-0.1, -0.05) is 0 Å². The first kappa shape index (κ1) is 19.7. The van der Waals surface area contributed by atoms with Gasteiger partial charge in [-0.05, 0) is 37.0 Å². The molecule has 0 bridgehead atoms. The van der Waals surface area contributed by atoms with Crippen molar-refractivity contribution in [2.24, 2.45) is 7.05 Å². The Balaban J connectivity index is 1.45. The minimum Gasteiger partial charge on any atom is -0.333 e. The maximum Gasteiger partial charge on any atom is 0.350 e. The number of amides is 1. The van der Waals surface area contributed by atoms with E-state index in [0.29, 0.717) is 24.2 Å². The van der Waals surface area contributed by atoms with Crippen LogP contribution in [-0.4, -0.2) is 55.5 Å². The predicted molar refractivity (Wildman–Crippen MR) is 110 cm³/mol.